The van der Waals surface area contributed by atoms with Crippen molar-refractivity contribution in [3.63, 3.8) is 0 Å². The number of aryl methyl sites for hydroxylation is 1. The molecule has 0 unspecified atom stereocenters. The maximum absolute atomic E-state index is 13.1. The lowest BCUT2D eigenvalue weighted by Gasteiger charge is -2.07. The van der Waals surface area contributed by atoms with Crippen LogP contribution in [0.15, 0.2) is 24.3 Å². The zero-order valence-corrected chi connectivity index (χ0v) is 10.5. The molecule has 0 aliphatic heterocycles. The normalized spacial score (nSPS) is 11.0. The Morgan fingerprint density at radius 1 is 1.47 bits per heavy atom. The van der Waals surface area contributed by atoms with Crippen molar-refractivity contribution >= 4 is 17.6 Å². The fraction of sp³-hybridized carbons (Fsp3) is 0.167. The number of rotatable bonds is 3. The van der Waals surface area contributed by atoms with Crippen LogP contribution in [0.3, 0.4) is 0 Å². The number of halogens is 3. The molecule has 0 radical (unpaired) electrons. The molecule has 0 spiro atoms. The van der Waals surface area contributed by atoms with Crippen LogP contribution in [0.5, 0.6) is 0 Å². The van der Waals surface area contributed by atoms with Crippen LogP contribution in [0.1, 0.15) is 28.2 Å². The van der Waals surface area contributed by atoms with Gasteiger partial charge in [0.25, 0.3) is 6.43 Å². The van der Waals surface area contributed by atoms with Crippen LogP contribution < -0.4 is 0 Å². The van der Waals surface area contributed by atoms with Gasteiger partial charge in [-0.2, -0.15) is 5.10 Å². The molecular weight excluding hydrogens is 278 g/mol. The number of benzene rings is 1. The molecule has 2 rings (SSSR count). The Hall–Kier alpha value is -1.95. The van der Waals surface area contributed by atoms with Crippen molar-refractivity contribution < 1.29 is 18.7 Å². The second-order valence-electron chi connectivity index (χ2n) is 3.84. The minimum atomic E-state index is -2.95. The van der Waals surface area contributed by atoms with E-state index in [1.807, 2.05) is 0 Å². The van der Waals surface area contributed by atoms with Gasteiger partial charge in [0.1, 0.15) is 11.3 Å². The topological polar surface area (TPSA) is 55.1 Å². The van der Waals surface area contributed by atoms with E-state index in [1.165, 1.54) is 19.1 Å². The van der Waals surface area contributed by atoms with Gasteiger partial charge in [0.15, 0.2) is 0 Å². The lowest BCUT2D eigenvalue weighted by atomic mass is 10.2. The number of aromatic nitrogens is 2. The largest absolute Gasteiger partial charge is 0.478 e. The van der Waals surface area contributed by atoms with Gasteiger partial charge in [-0.3, -0.25) is 0 Å². The van der Waals surface area contributed by atoms with E-state index in [-0.39, 0.29) is 5.69 Å². The molecule has 1 N–H and O–H groups in total. The monoisotopic (exact) mass is 286 g/mol. The highest BCUT2D eigenvalue weighted by molar-refractivity contribution is 6.30. The minimum Gasteiger partial charge on any atom is -0.478 e. The number of carbonyl (C=O) groups is 1. The highest BCUT2D eigenvalue weighted by Crippen LogP contribution is 2.28. The maximum Gasteiger partial charge on any atom is 0.339 e. The van der Waals surface area contributed by atoms with Gasteiger partial charge in [0.05, 0.1) is 11.4 Å². The smallest absolute Gasteiger partial charge is 0.339 e. The summed E-state index contributed by atoms with van der Waals surface area (Å²) in [5, 5.41) is 13.2. The Kier molecular flexibility index (Phi) is 3.53. The van der Waals surface area contributed by atoms with E-state index in [0.717, 1.165) is 4.68 Å². The fourth-order valence-electron chi connectivity index (χ4n) is 1.82. The summed E-state index contributed by atoms with van der Waals surface area (Å²) in [7, 11) is 0. The van der Waals surface area contributed by atoms with E-state index in [1.54, 1.807) is 12.1 Å². The summed E-state index contributed by atoms with van der Waals surface area (Å²) in [6, 6.07) is 6.12. The average molecular weight is 287 g/mol. The molecule has 0 amide bonds. The van der Waals surface area contributed by atoms with Crippen LogP contribution in [0.4, 0.5) is 8.78 Å². The van der Waals surface area contributed by atoms with E-state index in [9.17, 15) is 13.6 Å². The van der Waals surface area contributed by atoms with Crippen molar-refractivity contribution in [2.45, 2.75) is 13.3 Å². The molecule has 7 heteroatoms. The van der Waals surface area contributed by atoms with E-state index >= 15 is 0 Å². The average Bonchev–Trinajstić information content (AvgIpc) is 2.67. The standard InChI is InChI=1S/C12H9ClF2N2O2/c1-6-9(12(18)19)10(11(14)15)17(16-6)8-4-2-3-7(13)5-8/h2-5,11H,1H3,(H,18,19). The van der Waals surface area contributed by atoms with Gasteiger partial charge in [-0.15, -0.1) is 0 Å². The molecule has 1 heterocycles. The van der Waals surface area contributed by atoms with E-state index < -0.39 is 23.7 Å². The lowest BCUT2D eigenvalue weighted by Crippen LogP contribution is -2.07. The highest BCUT2D eigenvalue weighted by atomic mass is 35.5. The summed E-state index contributed by atoms with van der Waals surface area (Å²) < 4.78 is 27.1. The number of alkyl halides is 2. The Morgan fingerprint density at radius 2 is 2.16 bits per heavy atom. The molecule has 2 aromatic rings. The van der Waals surface area contributed by atoms with Crippen LogP contribution in [0, 0.1) is 6.92 Å². The summed E-state index contributed by atoms with van der Waals surface area (Å²) >= 11 is 5.79. The number of hydrogen-bond donors (Lipinski definition) is 1. The van der Waals surface area contributed by atoms with Crippen molar-refractivity contribution in [2.75, 3.05) is 0 Å². The molecule has 0 bridgehead atoms. The molecule has 0 saturated carbocycles. The Bertz CT molecular complexity index is 641. The van der Waals surface area contributed by atoms with Crippen LogP contribution in [-0.2, 0) is 0 Å². The molecule has 4 nitrogen and oxygen atoms in total. The van der Waals surface area contributed by atoms with Gasteiger partial charge in [-0.1, -0.05) is 17.7 Å². The van der Waals surface area contributed by atoms with E-state index in [2.05, 4.69) is 5.10 Å². The summed E-state index contributed by atoms with van der Waals surface area (Å²) in [6.45, 7) is 1.37. The predicted molar refractivity (Wildman–Crippen MR) is 65.2 cm³/mol. The minimum absolute atomic E-state index is 0.0303. The molecule has 19 heavy (non-hydrogen) atoms. The predicted octanol–water partition coefficient (Wildman–Crippen LogP) is 3.47. The zero-order valence-electron chi connectivity index (χ0n) is 9.77. The van der Waals surface area contributed by atoms with Crippen molar-refractivity contribution in [1.29, 1.82) is 0 Å². The molecule has 0 saturated heterocycles. The molecule has 100 valence electrons. The van der Waals surface area contributed by atoms with Gasteiger partial charge in [0, 0.05) is 5.02 Å². The number of carboxylic acids is 1. The molecule has 0 fully saturated rings. The lowest BCUT2D eigenvalue weighted by molar-refractivity contribution is 0.0682. The van der Waals surface area contributed by atoms with Crippen LogP contribution in [-0.4, -0.2) is 20.9 Å². The van der Waals surface area contributed by atoms with Crippen molar-refractivity contribution in [3.8, 4) is 5.69 Å². The number of carboxylic acid groups (broad SMARTS) is 1. The maximum atomic E-state index is 13.1. The third-order valence-corrected chi connectivity index (χ3v) is 2.80. The molecular formula is C12H9ClF2N2O2. The second kappa shape index (κ2) is 4.97. The molecule has 0 aliphatic rings. The quantitative estimate of drug-likeness (QED) is 0.940. The number of nitrogens with zero attached hydrogens (tertiary/aromatic N) is 2. The Morgan fingerprint density at radius 3 is 2.68 bits per heavy atom. The van der Waals surface area contributed by atoms with E-state index in [0.29, 0.717) is 10.7 Å². The Balaban J connectivity index is 2.71. The first-order valence-electron chi connectivity index (χ1n) is 5.28. The molecule has 0 atom stereocenters. The summed E-state index contributed by atoms with van der Waals surface area (Å²) in [5.74, 6) is -1.43. The third-order valence-electron chi connectivity index (χ3n) is 2.57. The summed E-state index contributed by atoms with van der Waals surface area (Å²) in [6.07, 6.45) is -2.95. The Labute approximate surface area is 112 Å². The van der Waals surface area contributed by atoms with Gasteiger partial charge in [0.2, 0.25) is 0 Å². The van der Waals surface area contributed by atoms with Crippen LogP contribution in [0.2, 0.25) is 5.02 Å². The van der Waals surface area contributed by atoms with Crippen molar-refractivity contribution in [3.05, 3.63) is 46.2 Å². The molecule has 1 aromatic carbocycles. The van der Waals surface area contributed by atoms with Gasteiger partial charge < -0.3 is 5.11 Å². The molecule has 1 aromatic heterocycles. The summed E-state index contributed by atoms with van der Waals surface area (Å²) in [4.78, 5) is 11.0. The van der Waals surface area contributed by atoms with Crippen LogP contribution in [0.25, 0.3) is 5.69 Å². The third kappa shape index (κ3) is 2.44. The van der Waals surface area contributed by atoms with Gasteiger partial charge >= 0.3 is 5.97 Å². The molecule has 0 aliphatic carbocycles. The van der Waals surface area contributed by atoms with Gasteiger partial charge in [-0.05, 0) is 25.1 Å². The SMILES string of the molecule is Cc1nn(-c2cccc(Cl)c2)c(C(F)F)c1C(=O)O. The van der Waals surface area contributed by atoms with Crippen molar-refractivity contribution in [2.24, 2.45) is 0 Å². The van der Waals surface area contributed by atoms with Gasteiger partial charge in [-0.25, -0.2) is 18.3 Å². The summed E-state index contributed by atoms with van der Waals surface area (Å²) in [5.41, 5.74) is -0.802. The first-order valence-corrected chi connectivity index (χ1v) is 5.66. The van der Waals surface area contributed by atoms with Crippen molar-refractivity contribution in [1.82, 2.24) is 9.78 Å². The first-order chi connectivity index (χ1) is 8.91. The fourth-order valence-corrected chi connectivity index (χ4v) is 2.00. The number of aromatic carboxylic acids is 1. The zero-order chi connectivity index (χ0) is 14.2. The van der Waals surface area contributed by atoms with E-state index in [4.69, 9.17) is 16.7 Å². The van der Waals surface area contributed by atoms with Crippen LogP contribution >= 0.6 is 11.6 Å². The first kappa shape index (κ1) is 13.5. The second-order valence-corrected chi connectivity index (χ2v) is 4.28. The number of hydrogen-bond acceptors (Lipinski definition) is 2. The highest BCUT2D eigenvalue weighted by Gasteiger charge is 2.28.